The highest BCUT2D eigenvalue weighted by Gasteiger charge is 2.23. The molecule has 0 spiro atoms. The van der Waals surface area contributed by atoms with Crippen molar-refractivity contribution in [1.29, 1.82) is 0 Å². The van der Waals surface area contributed by atoms with Crippen LogP contribution >= 0.6 is 11.8 Å². The van der Waals surface area contributed by atoms with E-state index in [9.17, 15) is 12.8 Å². The molecule has 1 saturated heterocycles. The fourth-order valence-corrected chi connectivity index (χ4v) is 5.34. The lowest BCUT2D eigenvalue weighted by Gasteiger charge is -2.24. The third-order valence-corrected chi connectivity index (χ3v) is 7.17. The minimum absolute atomic E-state index is 0.00212. The Morgan fingerprint density at radius 2 is 2.11 bits per heavy atom. The molecule has 152 valence electrons. The van der Waals surface area contributed by atoms with E-state index in [0.29, 0.717) is 19.6 Å². The van der Waals surface area contributed by atoms with Crippen LogP contribution in [0.5, 0.6) is 0 Å². The second-order valence-corrected chi connectivity index (χ2v) is 10.7. The number of nitrogens with zero attached hydrogens (tertiary/aromatic N) is 1. The normalized spacial score (nSPS) is 21.2. The Bertz CT molecular complexity index is 997. The number of thioether (sulfide) groups is 1. The highest BCUT2D eigenvalue weighted by Crippen LogP contribution is 2.31. The van der Waals surface area contributed by atoms with Crippen LogP contribution in [0.3, 0.4) is 0 Å². The van der Waals surface area contributed by atoms with Crippen LogP contribution in [0.25, 0.3) is 10.9 Å². The molecule has 0 aliphatic carbocycles. The van der Waals surface area contributed by atoms with Gasteiger partial charge in [0.1, 0.15) is 20.7 Å². The summed E-state index contributed by atoms with van der Waals surface area (Å²) in [6, 6.07) is 5.22. The molecule has 1 aromatic heterocycles. The topological polar surface area (TPSA) is 83.5 Å². The number of hydrogen-bond donors (Lipinski definition) is 2. The molecule has 9 heteroatoms. The third kappa shape index (κ3) is 4.69. The molecule has 0 saturated carbocycles. The average Bonchev–Trinajstić information content (AvgIpc) is 3.27. The summed E-state index contributed by atoms with van der Waals surface area (Å²) in [5.41, 5.74) is 2.47. The molecule has 2 aliphatic heterocycles. The van der Waals surface area contributed by atoms with Crippen LogP contribution in [0.15, 0.2) is 23.2 Å². The fraction of sp³-hybridized carbons (Fsp3) is 0.526. The predicted molar refractivity (Wildman–Crippen MR) is 113 cm³/mol. The van der Waals surface area contributed by atoms with E-state index in [1.54, 1.807) is 11.8 Å². The van der Waals surface area contributed by atoms with Gasteiger partial charge in [0.25, 0.3) is 0 Å². The van der Waals surface area contributed by atoms with Crippen molar-refractivity contribution in [2.45, 2.75) is 31.3 Å². The molecular weight excluding hydrogens is 401 g/mol. The van der Waals surface area contributed by atoms with Gasteiger partial charge in [0, 0.05) is 36.7 Å². The van der Waals surface area contributed by atoms with E-state index in [2.05, 4.69) is 15.3 Å². The summed E-state index contributed by atoms with van der Waals surface area (Å²) in [5.74, 6) is 0.632. The van der Waals surface area contributed by atoms with E-state index in [-0.39, 0.29) is 23.7 Å². The Morgan fingerprint density at radius 3 is 2.86 bits per heavy atom. The monoisotopic (exact) mass is 425 g/mol. The maximum Gasteiger partial charge on any atom is 0.147 e. The first-order valence-electron chi connectivity index (χ1n) is 9.42. The van der Waals surface area contributed by atoms with E-state index in [1.807, 2.05) is 6.07 Å². The second-order valence-electron chi connectivity index (χ2n) is 7.45. The molecule has 2 aliphatic rings. The lowest BCUT2D eigenvalue weighted by molar-refractivity contribution is 0.0905. The van der Waals surface area contributed by atoms with Crippen LogP contribution in [0.4, 0.5) is 10.1 Å². The number of fused-ring (bicyclic) bond motifs is 1. The number of aromatic nitrogens is 1. The van der Waals surface area contributed by atoms with E-state index in [4.69, 9.17) is 4.74 Å². The van der Waals surface area contributed by atoms with Gasteiger partial charge in [0.05, 0.1) is 28.7 Å². The number of nitrogens with one attached hydrogen (secondary N) is 2. The molecule has 0 bridgehead atoms. The molecule has 4 rings (SSSR count). The first kappa shape index (κ1) is 19.7. The summed E-state index contributed by atoms with van der Waals surface area (Å²) in [4.78, 5) is 8.06. The van der Waals surface area contributed by atoms with Gasteiger partial charge in [-0.25, -0.2) is 12.8 Å². The van der Waals surface area contributed by atoms with Crippen LogP contribution < -0.4 is 5.32 Å². The van der Waals surface area contributed by atoms with Gasteiger partial charge in [-0.2, -0.15) is 0 Å². The molecule has 0 amide bonds. The van der Waals surface area contributed by atoms with Crippen LogP contribution in [-0.2, 0) is 14.6 Å². The first-order chi connectivity index (χ1) is 13.4. The van der Waals surface area contributed by atoms with Crippen LogP contribution in [0.1, 0.15) is 25.0 Å². The van der Waals surface area contributed by atoms with Gasteiger partial charge in [-0.3, -0.25) is 4.99 Å². The van der Waals surface area contributed by atoms with Gasteiger partial charge in [-0.15, -0.1) is 11.8 Å². The molecule has 1 unspecified atom stereocenters. The SMILES string of the molecule is CS(=O)(=O)CCC1CSC(c2cc3cc(F)cc(NC4CCOCC4)c3[nH]2)=N1. The molecule has 3 heterocycles. The Kier molecular flexibility index (Phi) is 5.66. The van der Waals surface area contributed by atoms with Crippen molar-refractivity contribution in [2.75, 3.05) is 36.3 Å². The Balaban J connectivity index is 1.56. The lowest BCUT2D eigenvalue weighted by Crippen LogP contribution is -2.27. The van der Waals surface area contributed by atoms with E-state index < -0.39 is 9.84 Å². The second kappa shape index (κ2) is 8.04. The summed E-state index contributed by atoms with van der Waals surface area (Å²) in [6.45, 7) is 1.43. The van der Waals surface area contributed by atoms with Crippen molar-refractivity contribution < 1.29 is 17.5 Å². The Labute approximate surface area is 168 Å². The number of ether oxygens (including phenoxy) is 1. The van der Waals surface area contributed by atoms with E-state index in [1.165, 1.54) is 18.4 Å². The molecule has 2 aromatic rings. The number of rotatable bonds is 6. The summed E-state index contributed by atoms with van der Waals surface area (Å²) < 4.78 is 42.3. The average molecular weight is 426 g/mol. The largest absolute Gasteiger partial charge is 0.381 e. The van der Waals surface area contributed by atoms with Crippen molar-refractivity contribution in [3.8, 4) is 0 Å². The maximum atomic E-state index is 14.1. The van der Waals surface area contributed by atoms with Gasteiger partial charge in [0.15, 0.2) is 0 Å². The van der Waals surface area contributed by atoms with Crippen LogP contribution in [-0.4, -0.2) is 61.5 Å². The first-order valence-corrected chi connectivity index (χ1v) is 12.5. The number of benzene rings is 1. The number of aliphatic imine (C=N–C) groups is 1. The Hall–Kier alpha value is -1.58. The number of H-pyrrole nitrogens is 1. The van der Waals surface area contributed by atoms with Crippen molar-refractivity contribution in [3.05, 3.63) is 29.7 Å². The quantitative estimate of drug-likeness (QED) is 0.743. The smallest absolute Gasteiger partial charge is 0.147 e. The van der Waals surface area contributed by atoms with Gasteiger partial charge < -0.3 is 15.0 Å². The number of anilines is 1. The van der Waals surface area contributed by atoms with Crippen molar-refractivity contribution in [2.24, 2.45) is 4.99 Å². The minimum Gasteiger partial charge on any atom is -0.381 e. The fourth-order valence-electron chi connectivity index (χ4n) is 3.56. The molecule has 6 nitrogen and oxygen atoms in total. The molecular formula is C19H24FN3O3S2. The number of aromatic amines is 1. The third-order valence-electron chi connectivity index (χ3n) is 5.04. The highest BCUT2D eigenvalue weighted by atomic mass is 32.2. The molecule has 1 aromatic carbocycles. The van der Waals surface area contributed by atoms with Gasteiger partial charge in [0.2, 0.25) is 0 Å². The van der Waals surface area contributed by atoms with Crippen LogP contribution in [0, 0.1) is 5.82 Å². The van der Waals surface area contributed by atoms with Crippen molar-refractivity contribution in [1.82, 2.24) is 4.98 Å². The highest BCUT2D eigenvalue weighted by molar-refractivity contribution is 8.14. The zero-order chi connectivity index (χ0) is 19.7. The van der Waals surface area contributed by atoms with Gasteiger partial charge >= 0.3 is 0 Å². The number of halogens is 1. The summed E-state index contributed by atoms with van der Waals surface area (Å²) in [7, 11) is -2.98. The Morgan fingerprint density at radius 1 is 1.32 bits per heavy atom. The molecule has 1 fully saturated rings. The maximum absolute atomic E-state index is 14.1. The molecule has 28 heavy (non-hydrogen) atoms. The standard InChI is InChI=1S/C19H24FN3O3S2/c1-28(24,25)7-4-15-11-27-19(22-15)17-9-12-8-13(20)10-16(18(12)23-17)21-14-2-5-26-6-3-14/h8-10,14-15,21,23H,2-7,11H2,1H3. The summed E-state index contributed by atoms with van der Waals surface area (Å²) in [5, 5.41) is 5.10. The number of hydrogen-bond acceptors (Lipinski definition) is 6. The van der Waals surface area contributed by atoms with Gasteiger partial charge in [-0.1, -0.05) is 0 Å². The molecule has 1 atom stereocenters. The van der Waals surface area contributed by atoms with E-state index >= 15 is 0 Å². The zero-order valence-corrected chi connectivity index (χ0v) is 17.3. The van der Waals surface area contributed by atoms with Gasteiger partial charge in [-0.05, 0) is 37.5 Å². The molecule has 2 N–H and O–H groups in total. The summed E-state index contributed by atoms with van der Waals surface area (Å²) >= 11 is 1.61. The van der Waals surface area contributed by atoms with Crippen molar-refractivity contribution >= 4 is 43.2 Å². The zero-order valence-electron chi connectivity index (χ0n) is 15.7. The van der Waals surface area contributed by atoms with E-state index in [0.717, 1.165) is 45.9 Å². The minimum atomic E-state index is -2.98. The lowest BCUT2D eigenvalue weighted by atomic mass is 10.1. The summed E-state index contributed by atoms with van der Waals surface area (Å²) in [6.07, 6.45) is 3.58. The predicted octanol–water partition coefficient (Wildman–Crippen LogP) is 3.19. The van der Waals surface area contributed by atoms with Crippen LogP contribution in [0.2, 0.25) is 0 Å². The number of sulfone groups is 1. The van der Waals surface area contributed by atoms with Crippen molar-refractivity contribution in [3.63, 3.8) is 0 Å². The molecule has 0 radical (unpaired) electrons.